The summed E-state index contributed by atoms with van der Waals surface area (Å²) < 4.78 is 12.5. The Kier molecular flexibility index (Phi) is 5.17. The number of rotatable bonds is 3. The molecule has 4 rings (SSSR count). The first kappa shape index (κ1) is 19.4. The molecule has 152 valence electrons. The Labute approximate surface area is 164 Å². The summed E-state index contributed by atoms with van der Waals surface area (Å²) >= 11 is 0. The van der Waals surface area contributed by atoms with Crippen LogP contribution in [0, 0.1) is 23.7 Å². The fraction of sp³-hybridized carbons (Fsp3) is 0.870. The summed E-state index contributed by atoms with van der Waals surface area (Å²) in [6.07, 6.45) is 8.79. The van der Waals surface area contributed by atoms with Crippen LogP contribution in [0.4, 0.5) is 0 Å². The maximum Gasteiger partial charge on any atom is 0.336 e. The second-order valence-electron chi connectivity index (χ2n) is 10.4. The lowest BCUT2D eigenvalue weighted by molar-refractivity contribution is -0.201. The quantitative estimate of drug-likeness (QED) is 0.679. The predicted octanol–water partition coefficient (Wildman–Crippen LogP) is 4.54. The minimum atomic E-state index is -0.403. The van der Waals surface area contributed by atoms with Crippen molar-refractivity contribution >= 4 is 5.97 Å². The molecule has 0 radical (unpaired) electrons. The molecule has 1 saturated carbocycles. The molecule has 0 aromatic carbocycles. The molecule has 0 N–H and O–H groups in total. The van der Waals surface area contributed by atoms with E-state index in [0.717, 1.165) is 31.4 Å². The van der Waals surface area contributed by atoms with Crippen molar-refractivity contribution in [2.24, 2.45) is 23.7 Å². The van der Waals surface area contributed by atoms with Crippen LogP contribution in [0.25, 0.3) is 0 Å². The van der Waals surface area contributed by atoms with Gasteiger partial charge in [0.2, 0.25) is 6.29 Å². The van der Waals surface area contributed by atoms with Gasteiger partial charge < -0.3 is 9.47 Å². The van der Waals surface area contributed by atoms with E-state index >= 15 is 0 Å². The van der Waals surface area contributed by atoms with E-state index in [-0.39, 0.29) is 23.5 Å². The van der Waals surface area contributed by atoms with Crippen LogP contribution >= 0.6 is 0 Å². The zero-order chi connectivity index (χ0) is 19.3. The average Bonchev–Trinajstić information content (AvgIpc) is 3.15. The molecule has 0 spiro atoms. The third-order valence-corrected chi connectivity index (χ3v) is 7.69. The molecule has 3 aliphatic heterocycles. The lowest BCUT2D eigenvalue weighted by Crippen LogP contribution is -2.50. The predicted molar refractivity (Wildman–Crippen MR) is 106 cm³/mol. The SMILES string of the molecule is CC(C)[C@@H]1CC[C@@H](C)C[C@H]1O[C@@H]1OC(=O)C2=CCC(C)(C)N3CCC[C@@H]3[C@H]21. The third kappa shape index (κ3) is 3.48. The standard InChI is InChI=1S/C23H37NO3/c1-14(2)16-9-8-15(3)13-19(16)26-22-20-17(21(25)27-22)10-11-23(4,5)24-12-6-7-18(20)24/h10,14-16,18-20,22H,6-9,11-13H2,1-5H3/t15-,16+,18-,19-,20+,22-/m1/s1. The number of esters is 1. The van der Waals surface area contributed by atoms with Crippen LogP contribution in [0.15, 0.2) is 11.6 Å². The van der Waals surface area contributed by atoms with E-state index in [9.17, 15) is 4.79 Å². The van der Waals surface area contributed by atoms with Crippen LogP contribution in [0.2, 0.25) is 0 Å². The van der Waals surface area contributed by atoms with Crippen molar-refractivity contribution in [2.45, 2.75) is 97.1 Å². The highest BCUT2D eigenvalue weighted by Crippen LogP contribution is 2.46. The first-order valence-electron chi connectivity index (χ1n) is 11.1. The van der Waals surface area contributed by atoms with Gasteiger partial charge >= 0.3 is 5.97 Å². The molecule has 4 aliphatic rings. The number of fused-ring (bicyclic) bond motifs is 3. The van der Waals surface area contributed by atoms with Gasteiger partial charge in [-0.2, -0.15) is 0 Å². The Morgan fingerprint density at radius 1 is 1.26 bits per heavy atom. The number of carbonyl (C=O) groups is 1. The number of nitrogens with zero attached hydrogens (tertiary/aromatic N) is 1. The number of carbonyl (C=O) groups excluding carboxylic acids is 1. The second-order valence-corrected chi connectivity index (χ2v) is 10.4. The van der Waals surface area contributed by atoms with Crippen molar-refractivity contribution in [3.63, 3.8) is 0 Å². The van der Waals surface area contributed by atoms with Crippen LogP contribution in [0.1, 0.15) is 73.1 Å². The molecule has 1 aliphatic carbocycles. The van der Waals surface area contributed by atoms with Crippen LogP contribution < -0.4 is 0 Å². The van der Waals surface area contributed by atoms with Crippen molar-refractivity contribution in [1.82, 2.24) is 4.90 Å². The minimum absolute atomic E-state index is 0.0758. The molecule has 0 aromatic heterocycles. The van der Waals surface area contributed by atoms with Crippen molar-refractivity contribution in [2.75, 3.05) is 6.54 Å². The molecule has 4 nitrogen and oxygen atoms in total. The highest BCUT2D eigenvalue weighted by molar-refractivity contribution is 5.91. The Morgan fingerprint density at radius 2 is 2.04 bits per heavy atom. The maximum absolute atomic E-state index is 12.7. The summed E-state index contributed by atoms with van der Waals surface area (Å²) in [6.45, 7) is 12.7. The van der Waals surface area contributed by atoms with E-state index in [1.807, 2.05) is 0 Å². The highest BCUT2D eigenvalue weighted by Gasteiger charge is 2.53. The average molecular weight is 376 g/mol. The molecule has 0 amide bonds. The monoisotopic (exact) mass is 375 g/mol. The Morgan fingerprint density at radius 3 is 2.78 bits per heavy atom. The van der Waals surface area contributed by atoms with Gasteiger partial charge in [-0.15, -0.1) is 0 Å². The lowest BCUT2D eigenvalue weighted by atomic mass is 9.75. The van der Waals surface area contributed by atoms with Gasteiger partial charge in [0.05, 0.1) is 12.0 Å². The molecule has 0 bridgehead atoms. The first-order valence-corrected chi connectivity index (χ1v) is 11.1. The molecule has 3 heterocycles. The number of ether oxygens (including phenoxy) is 2. The van der Waals surface area contributed by atoms with E-state index in [1.54, 1.807) is 0 Å². The normalized spacial score (nSPS) is 41.7. The highest BCUT2D eigenvalue weighted by atomic mass is 16.7. The van der Waals surface area contributed by atoms with Gasteiger partial charge in [0, 0.05) is 17.2 Å². The molecule has 2 saturated heterocycles. The first-order chi connectivity index (χ1) is 12.8. The van der Waals surface area contributed by atoms with Gasteiger partial charge in [-0.25, -0.2) is 4.79 Å². The molecule has 4 heteroatoms. The van der Waals surface area contributed by atoms with Crippen LogP contribution in [0.3, 0.4) is 0 Å². The van der Waals surface area contributed by atoms with E-state index in [2.05, 4.69) is 45.6 Å². The largest absolute Gasteiger partial charge is 0.432 e. The van der Waals surface area contributed by atoms with Gasteiger partial charge in [-0.3, -0.25) is 4.90 Å². The number of cyclic esters (lactones) is 1. The smallest absolute Gasteiger partial charge is 0.336 e. The molecular formula is C23H37NO3. The fourth-order valence-corrected chi connectivity index (χ4v) is 6.09. The van der Waals surface area contributed by atoms with Crippen molar-refractivity contribution in [3.8, 4) is 0 Å². The number of hydrogen-bond acceptors (Lipinski definition) is 4. The Hall–Kier alpha value is -0.870. The number of hydrogen-bond donors (Lipinski definition) is 0. The third-order valence-electron chi connectivity index (χ3n) is 7.69. The van der Waals surface area contributed by atoms with Crippen molar-refractivity contribution in [1.29, 1.82) is 0 Å². The zero-order valence-corrected chi connectivity index (χ0v) is 17.7. The molecule has 27 heavy (non-hydrogen) atoms. The van der Waals surface area contributed by atoms with Crippen LogP contribution in [0.5, 0.6) is 0 Å². The minimum Gasteiger partial charge on any atom is -0.432 e. The molecule has 3 fully saturated rings. The van der Waals surface area contributed by atoms with Crippen molar-refractivity contribution in [3.05, 3.63) is 11.6 Å². The summed E-state index contributed by atoms with van der Waals surface area (Å²) in [6, 6.07) is 0.365. The lowest BCUT2D eigenvalue weighted by Gasteiger charge is -2.42. The van der Waals surface area contributed by atoms with E-state index in [4.69, 9.17) is 9.47 Å². The molecule has 0 aromatic rings. The Bertz CT molecular complexity index is 611. The van der Waals surface area contributed by atoms with Gasteiger partial charge in [-0.05, 0) is 70.3 Å². The van der Waals surface area contributed by atoms with E-state index in [1.165, 1.54) is 19.3 Å². The summed E-state index contributed by atoms with van der Waals surface area (Å²) in [5.41, 5.74) is 0.982. The molecule has 0 unspecified atom stereocenters. The summed E-state index contributed by atoms with van der Waals surface area (Å²) in [7, 11) is 0. The Balaban J connectivity index is 1.59. The van der Waals surface area contributed by atoms with Gasteiger partial charge in [0.15, 0.2) is 0 Å². The van der Waals surface area contributed by atoms with Crippen LogP contribution in [-0.4, -0.2) is 41.4 Å². The van der Waals surface area contributed by atoms with Crippen LogP contribution in [-0.2, 0) is 14.3 Å². The van der Waals surface area contributed by atoms with Crippen molar-refractivity contribution < 1.29 is 14.3 Å². The second kappa shape index (κ2) is 7.18. The van der Waals surface area contributed by atoms with Gasteiger partial charge in [0.1, 0.15) is 0 Å². The van der Waals surface area contributed by atoms with E-state index in [0.29, 0.717) is 23.8 Å². The zero-order valence-electron chi connectivity index (χ0n) is 17.7. The maximum atomic E-state index is 12.7. The fourth-order valence-electron chi connectivity index (χ4n) is 6.09. The van der Waals surface area contributed by atoms with E-state index < -0.39 is 6.29 Å². The molecular weight excluding hydrogens is 338 g/mol. The molecule has 6 atom stereocenters. The van der Waals surface area contributed by atoms with Gasteiger partial charge in [0.25, 0.3) is 0 Å². The topological polar surface area (TPSA) is 38.8 Å². The summed E-state index contributed by atoms with van der Waals surface area (Å²) in [5, 5.41) is 0. The summed E-state index contributed by atoms with van der Waals surface area (Å²) in [5.74, 6) is 1.79. The summed E-state index contributed by atoms with van der Waals surface area (Å²) in [4.78, 5) is 15.3. The van der Waals surface area contributed by atoms with Gasteiger partial charge in [-0.1, -0.05) is 33.3 Å².